The van der Waals surface area contributed by atoms with Crippen LogP contribution in [0, 0.1) is 0 Å². The lowest BCUT2D eigenvalue weighted by atomic mass is 10.0. The second-order valence-electron chi connectivity index (χ2n) is 7.11. The number of hydrogen-bond donors (Lipinski definition) is 0. The molecule has 0 saturated carbocycles. The molecule has 0 bridgehead atoms. The first-order chi connectivity index (χ1) is 14.6. The molecule has 30 heavy (non-hydrogen) atoms. The summed E-state index contributed by atoms with van der Waals surface area (Å²) in [6.07, 6.45) is 5.04. The summed E-state index contributed by atoms with van der Waals surface area (Å²) in [5, 5.41) is 4.13. The number of fused-ring (bicyclic) bond motifs is 1. The predicted molar refractivity (Wildman–Crippen MR) is 114 cm³/mol. The van der Waals surface area contributed by atoms with Gasteiger partial charge >= 0.3 is 0 Å². The Morgan fingerprint density at radius 3 is 2.77 bits per heavy atom. The van der Waals surface area contributed by atoms with E-state index in [4.69, 9.17) is 9.47 Å². The number of carbonyl (C=O) groups is 1. The summed E-state index contributed by atoms with van der Waals surface area (Å²) in [5.74, 6) is 1.46. The van der Waals surface area contributed by atoms with E-state index < -0.39 is 0 Å². The summed E-state index contributed by atoms with van der Waals surface area (Å²) >= 11 is 0. The third-order valence-corrected chi connectivity index (χ3v) is 5.24. The largest absolute Gasteiger partial charge is 0.494 e. The van der Waals surface area contributed by atoms with Crippen molar-refractivity contribution in [1.82, 2.24) is 19.7 Å². The van der Waals surface area contributed by atoms with Crippen molar-refractivity contribution in [3.05, 3.63) is 71.8 Å². The maximum atomic E-state index is 13.1. The quantitative estimate of drug-likeness (QED) is 0.627. The van der Waals surface area contributed by atoms with Gasteiger partial charge in [-0.1, -0.05) is 12.1 Å². The van der Waals surface area contributed by atoms with Crippen LogP contribution in [0.25, 0.3) is 11.8 Å². The maximum absolute atomic E-state index is 13.1. The van der Waals surface area contributed by atoms with Crippen molar-refractivity contribution in [2.45, 2.75) is 19.9 Å². The average Bonchev–Trinajstić information content (AvgIpc) is 3.32. The fourth-order valence-electron chi connectivity index (χ4n) is 3.41. The third-order valence-electron chi connectivity index (χ3n) is 5.24. The van der Waals surface area contributed by atoms with Crippen molar-refractivity contribution in [2.75, 3.05) is 20.3 Å². The highest BCUT2D eigenvalue weighted by molar-refractivity contribution is 5.99. The molecule has 7 heteroatoms. The Morgan fingerprint density at radius 1 is 1.27 bits per heavy atom. The Bertz CT molecular complexity index is 1060. The molecular formula is C23H24N4O3. The molecule has 1 aliphatic rings. The number of ether oxygens (including phenoxy) is 2. The number of amides is 1. The Kier molecular flexibility index (Phi) is 5.52. The van der Waals surface area contributed by atoms with Gasteiger partial charge in [-0.25, -0.2) is 9.67 Å². The number of benzene rings is 2. The van der Waals surface area contributed by atoms with Crippen LogP contribution in [0.4, 0.5) is 0 Å². The van der Waals surface area contributed by atoms with E-state index in [1.54, 1.807) is 15.9 Å². The van der Waals surface area contributed by atoms with E-state index in [0.717, 1.165) is 28.3 Å². The van der Waals surface area contributed by atoms with Crippen molar-refractivity contribution in [3.8, 4) is 17.2 Å². The number of likely N-dealkylation sites (N-methyl/N-ethyl adjacent to an activating group) is 1. The topological polar surface area (TPSA) is 69.5 Å². The second kappa shape index (κ2) is 8.41. The summed E-state index contributed by atoms with van der Waals surface area (Å²) in [6, 6.07) is 13.5. The molecule has 3 aromatic rings. The highest BCUT2D eigenvalue weighted by Gasteiger charge is 2.24. The zero-order valence-corrected chi connectivity index (χ0v) is 17.3. The Balaban J connectivity index is 1.51. The summed E-state index contributed by atoms with van der Waals surface area (Å²) in [6.45, 7) is 4.79. The highest BCUT2D eigenvalue weighted by Crippen LogP contribution is 2.31. The van der Waals surface area contributed by atoms with Crippen LogP contribution in [0.2, 0.25) is 0 Å². The summed E-state index contributed by atoms with van der Waals surface area (Å²) < 4.78 is 13.0. The zero-order valence-electron chi connectivity index (χ0n) is 17.3. The summed E-state index contributed by atoms with van der Waals surface area (Å²) in [4.78, 5) is 18.8. The van der Waals surface area contributed by atoms with Crippen molar-refractivity contribution < 1.29 is 14.3 Å². The van der Waals surface area contributed by atoms with Crippen molar-refractivity contribution in [3.63, 3.8) is 0 Å². The van der Waals surface area contributed by atoms with Crippen LogP contribution in [0.15, 0.2) is 60.7 Å². The molecule has 0 aliphatic carbocycles. The Labute approximate surface area is 175 Å². The van der Waals surface area contributed by atoms with Crippen molar-refractivity contribution >= 4 is 12.0 Å². The molecule has 1 atom stereocenters. The van der Waals surface area contributed by atoms with E-state index in [9.17, 15) is 4.79 Å². The van der Waals surface area contributed by atoms with Gasteiger partial charge in [0.15, 0.2) is 0 Å². The predicted octanol–water partition coefficient (Wildman–Crippen LogP) is 3.66. The molecule has 2 heterocycles. The molecule has 154 valence electrons. The maximum Gasteiger partial charge on any atom is 0.253 e. The summed E-state index contributed by atoms with van der Waals surface area (Å²) in [7, 11) is 1.81. The number of nitrogens with zero attached hydrogens (tertiary/aromatic N) is 4. The Hall–Kier alpha value is -3.61. The highest BCUT2D eigenvalue weighted by atomic mass is 16.5. The zero-order chi connectivity index (χ0) is 21.1. The lowest BCUT2D eigenvalue weighted by Crippen LogP contribution is -2.33. The monoisotopic (exact) mass is 404 g/mol. The minimum absolute atomic E-state index is 0.0599. The molecule has 1 aliphatic heterocycles. The number of aromatic nitrogens is 3. The van der Waals surface area contributed by atoms with Gasteiger partial charge in [-0.15, -0.1) is 0 Å². The molecule has 1 aromatic heterocycles. The van der Waals surface area contributed by atoms with Crippen LogP contribution in [0.5, 0.6) is 11.5 Å². The molecule has 1 unspecified atom stereocenters. The first kappa shape index (κ1) is 19.7. The third kappa shape index (κ3) is 3.91. The molecule has 2 aromatic carbocycles. The van der Waals surface area contributed by atoms with Gasteiger partial charge in [0.25, 0.3) is 5.91 Å². The van der Waals surface area contributed by atoms with Gasteiger partial charge in [-0.05, 0) is 55.8 Å². The first-order valence-electron chi connectivity index (χ1n) is 9.89. The smallest absolute Gasteiger partial charge is 0.253 e. The molecule has 7 nitrogen and oxygen atoms in total. The van der Waals surface area contributed by atoms with Crippen LogP contribution in [-0.2, 0) is 4.79 Å². The average molecular weight is 404 g/mol. The van der Waals surface area contributed by atoms with Gasteiger partial charge in [-0.2, -0.15) is 5.10 Å². The van der Waals surface area contributed by atoms with E-state index in [1.807, 2.05) is 69.4 Å². The number of hydrogen-bond acceptors (Lipinski definition) is 5. The lowest BCUT2D eigenvalue weighted by molar-refractivity contribution is -0.128. The van der Waals surface area contributed by atoms with Crippen LogP contribution in [0.3, 0.4) is 0 Å². The summed E-state index contributed by atoms with van der Waals surface area (Å²) in [5.41, 5.74) is 3.42. The van der Waals surface area contributed by atoms with Crippen LogP contribution in [-0.4, -0.2) is 45.8 Å². The van der Waals surface area contributed by atoms with E-state index in [2.05, 4.69) is 10.1 Å². The van der Waals surface area contributed by atoms with Crippen LogP contribution in [0.1, 0.15) is 31.0 Å². The molecule has 0 radical (unpaired) electrons. The minimum atomic E-state index is -0.0978. The van der Waals surface area contributed by atoms with Gasteiger partial charge in [0, 0.05) is 12.6 Å². The van der Waals surface area contributed by atoms with Crippen LogP contribution < -0.4 is 9.47 Å². The van der Waals surface area contributed by atoms with Crippen molar-refractivity contribution in [2.24, 2.45) is 0 Å². The van der Waals surface area contributed by atoms with E-state index in [-0.39, 0.29) is 18.6 Å². The molecule has 4 rings (SSSR count). The fourth-order valence-corrected chi connectivity index (χ4v) is 3.41. The van der Waals surface area contributed by atoms with E-state index in [1.165, 1.54) is 6.33 Å². The van der Waals surface area contributed by atoms with E-state index in [0.29, 0.717) is 12.2 Å². The second-order valence-corrected chi connectivity index (χ2v) is 7.11. The number of rotatable bonds is 6. The molecule has 1 amide bonds. The Morgan fingerprint density at radius 2 is 2.07 bits per heavy atom. The fraction of sp³-hybridized carbons (Fsp3) is 0.261. The molecule has 0 spiro atoms. The van der Waals surface area contributed by atoms with Crippen molar-refractivity contribution in [1.29, 1.82) is 0 Å². The lowest BCUT2D eigenvalue weighted by Gasteiger charge is -2.28. The van der Waals surface area contributed by atoms with Gasteiger partial charge in [-0.3, -0.25) is 4.79 Å². The van der Waals surface area contributed by atoms with Gasteiger partial charge in [0.1, 0.15) is 30.8 Å². The van der Waals surface area contributed by atoms with Crippen LogP contribution >= 0.6 is 0 Å². The minimum Gasteiger partial charge on any atom is -0.494 e. The molecule has 0 fully saturated rings. The van der Waals surface area contributed by atoms with Gasteiger partial charge in [0.2, 0.25) is 0 Å². The molecule has 0 N–H and O–H groups in total. The first-order valence-corrected chi connectivity index (χ1v) is 9.89. The van der Waals surface area contributed by atoms with E-state index >= 15 is 0 Å². The van der Waals surface area contributed by atoms with Gasteiger partial charge in [0.05, 0.1) is 23.9 Å². The number of carbonyl (C=O) groups excluding carboxylic acids is 1. The molecular weight excluding hydrogens is 380 g/mol. The SMILES string of the molecule is CCOc1ccc2c(c1)C=C(C(=O)N(C)C(C)c1ccc(-n3cncn3)cc1)CO2. The molecule has 0 saturated heterocycles. The van der Waals surface area contributed by atoms with Gasteiger partial charge < -0.3 is 14.4 Å². The standard InChI is InChI=1S/C23H24N4O3/c1-4-29-21-9-10-22-18(12-21)11-19(13-30-22)23(28)26(3)16(2)17-5-7-20(8-6-17)27-15-24-14-25-27/h5-12,14-16H,4,13H2,1-3H3. The normalized spacial score (nSPS) is 13.6.